The lowest BCUT2D eigenvalue weighted by Crippen LogP contribution is -2.41. The number of nitrogens with zero attached hydrogens (tertiary/aromatic N) is 2. The summed E-state index contributed by atoms with van der Waals surface area (Å²) in [4.78, 5) is 30.7. The van der Waals surface area contributed by atoms with Crippen molar-refractivity contribution in [3.8, 4) is 5.75 Å². The lowest BCUT2D eigenvalue weighted by atomic mass is 9.93. The van der Waals surface area contributed by atoms with Crippen LogP contribution in [0.4, 0.5) is 0 Å². The van der Waals surface area contributed by atoms with Gasteiger partial charge in [-0.3, -0.25) is 9.59 Å². The van der Waals surface area contributed by atoms with E-state index in [2.05, 4.69) is 0 Å². The van der Waals surface area contributed by atoms with Gasteiger partial charge >= 0.3 is 0 Å². The summed E-state index contributed by atoms with van der Waals surface area (Å²) in [7, 11) is 3.98. The van der Waals surface area contributed by atoms with Crippen molar-refractivity contribution < 1.29 is 14.3 Å². The molecule has 0 atom stereocenters. The van der Waals surface area contributed by atoms with Gasteiger partial charge in [0.2, 0.25) is 0 Å². The molecule has 5 nitrogen and oxygen atoms in total. The van der Waals surface area contributed by atoms with Gasteiger partial charge in [-0.15, -0.1) is 0 Å². The normalized spacial score (nSPS) is 16.2. The fourth-order valence-electron chi connectivity index (χ4n) is 3.93. The van der Waals surface area contributed by atoms with Crippen molar-refractivity contribution in [2.75, 3.05) is 40.3 Å². The summed E-state index contributed by atoms with van der Waals surface area (Å²) in [6, 6.07) is 26.7. The predicted octanol–water partition coefficient (Wildman–Crippen LogP) is 4.82. The van der Waals surface area contributed by atoms with Crippen molar-refractivity contribution in [1.29, 1.82) is 0 Å². The lowest BCUT2D eigenvalue weighted by Gasteiger charge is -2.30. The second-order valence-electron chi connectivity index (χ2n) is 8.83. The van der Waals surface area contributed by atoms with Crippen molar-refractivity contribution in [2.45, 2.75) is 0 Å². The highest BCUT2D eigenvalue weighted by Gasteiger charge is 2.29. The van der Waals surface area contributed by atoms with Gasteiger partial charge in [-0.1, -0.05) is 66.7 Å². The van der Waals surface area contributed by atoms with Gasteiger partial charge in [-0.05, 0) is 55.6 Å². The third-order valence-corrected chi connectivity index (χ3v) is 5.76. The Bertz CT molecular complexity index is 1170. The summed E-state index contributed by atoms with van der Waals surface area (Å²) in [5, 5.41) is 0. The zero-order valence-electron chi connectivity index (χ0n) is 20.2. The molecule has 1 aliphatic heterocycles. The van der Waals surface area contributed by atoms with Crippen LogP contribution in [-0.2, 0) is 4.79 Å². The second kappa shape index (κ2) is 11.4. The minimum atomic E-state index is -0.131. The number of ether oxygens (including phenoxy) is 1. The first-order valence-electron chi connectivity index (χ1n) is 11.7. The summed E-state index contributed by atoms with van der Waals surface area (Å²) in [5.74, 6) is 0.502. The van der Waals surface area contributed by atoms with Crippen LogP contribution in [0.2, 0.25) is 0 Å². The van der Waals surface area contributed by atoms with E-state index in [1.165, 1.54) is 0 Å². The van der Waals surface area contributed by atoms with Gasteiger partial charge in [0.05, 0.1) is 13.1 Å². The number of benzene rings is 3. The molecule has 178 valence electrons. The molecule has 0 unspecified atom stereocenters. The van der Waals surface area contributed by atoms with Crippen molar-refractivity contribution in [2.24, 2.45) is 0 Å². The molecule has 1 amide bonds. The van der Waals surface area contributed by atoms with E-state index < -0.39 is 0 Å². The maximum absolute atomic E-state index is 13.5. The van der Waals surface area contributed by atoms with Crippen LogP contribution in [0.5, 0.6) is 5.75 Å². The molecule has 5 heteroatoms. The third-order valence-electron chi connectivity index (χ3n) is 5.76. The zero-order chi connectivity index (χ0) is 24.6. The number of ketones is 1. The van der Waals surface area contributed by atoms with E-state index in [1.54, 1.807) is 17.0 Å². The van der Waals surface area contributed by atoms with Gasteiger partial charge in [-0.25, -0.2) is 0 Å². The van der Waals surface area contributed by atoms with Crippen LogP contribution in [0.1, 0.15) is 21.5 Å². The van der Waals surface area contributed by atoms with E-state index in [1.807, 2.05) is 104 Å². The number of likely N-dealkylation sites (N-methyl/N-ethyl adjacent to an activating group) is 1. The number of likely N-dealkylation sites (tertiary alicyclic amines) is 1. The molecule has 35 heavy (non-hydrogen) atoms. The molecule has 0 saturated carbocycles. The highest BCUT2D eigenvalue weighted by Crippen LogP contribution is 2.24. The number of hydrogen-bond acceptors (Lipinski definition) is 4. The average Bonchev–Trinajstić information content (AvgIpc) is 2.87. The van der Waals surface area contributed by atoms with Crippen LogP contribution in [0, 0.1) is 0 Å². The van der Waals surface area contributed by atoms with Gasteiger partial charge < -0.3 is 14.5 Å². The van der Waals surface area contributed by atoms with Crippen LogP contribution in [0.3, 0.4) is 0 Å². The van der Waals surface area contributed by atoms with E-state index in [9.17, 15) is 9.59 Å². The molecule has 0 bridgehead atoms. The van der Waals surface area contributed by atoms with E-state index in [0.717, 1.165) is 17.7 Å². The van der Waals surface area contributed by atoms with Crippen molar-refractivity contribution in [3.05, 3.63) is 113 Å². The number of hydrogen-bond donors (Lipinski definition) is 0. The topological polar surface area (TPSA) is 49.9 Å². The number of amides is 1. The summed E-state index contributed by atoms with van der Waals surface area (Å²) in [6.45, 7) is 1.83. The maximum Gasteiger partial charge on any atom is 0.254 e. The summed E-state index contributed by atoms with van der Waals surface area (Å²) in [5.41, 5.74) is 3.59. The van der Waals surface area contributed by atoms with Crippen molar-refractivity contribution in [3.63, 3.8) is 0 Å². The molecular weight excluding hydrogens is 436 g/mol. The number of carbonyl (C=O) groups is 2. The van der Waals surface area contributed by atoms with Crippen molar-refractivity contribution in [1.82, 2.24) is 9.80 Å². The number of rotatable bonds is 7. The highest BCUT2D eigenvalue weighted by atomic mass is 16.5. The van der Waals surface area contributed by atoms with Crippen LogP contribution in [-0.4, -0.2) is 61.8 Å². The summed E-state index contributed by atoms with van der Waals surface area (Å²) in [6.07, 6.45) is 3.75. The second-order valence-corrected chi connectivity index (χ2v) is 8.83. The van der Waals surface area contributed by atoms with Gasteiger partial charge in [0.25, 0.3) is 5.91 Å². The maximum atomic E-state index is 13.5. The quantitative estimate of drug-likeness (QED) is 0.469. The smallest absolute Gasteiger partial charge is 0.254 e. The van der Waals surface area contributed by atoms with Crippen LogP contribution >= 0.6 is 0 Å². The Balaban J connectivity index is 1.62. The van der Waals surface area contributed by atoms with Gasteiger partial charge in [0.15, 0.2) is 5.78 Å². The van der Waals surface area contributed by atoms with E-state index >= 15 is 0 Å². The fourth-order valence-corrected chi connectivity index (χ4v) is 3.93. The molecule has 1 aliphatic rings. The molecule has 0 spiro atoms. The van der Waals surface area contributed by atoms with Crippen LogP contribution in [0.15, 0.2) is 96.1 Å². The standard InChI is InChI=1S/C30H30N2O3/c1-31(2)16-17-35-28-15-9-14-25(20-28)30(34)32-21-26(18-23-10-5-3-6-11-23)29(33)27(22-32)19-24-12-7-4-8-13-24/h3-15,18-20H,16-17,21-22H2,1-2H3/b26-18+,27-19+. The first kappa shape index (κ1) is 24.2. The number of carbonyl (C=O) groups excluding carboxylic acids is 2. The first-order valence-corrected chi connectivity index (χ1v) is 11.7. The van der Waals surface area contributed by atoms with Gasteiger partial charge in [0, 0.05) is 23.3 Å². The lowest BCUT2D eigenvalue weighted by molar-refractivity contribution is -0.113. The number of Topliss-reactive ketones (excluding diaryl/α,β-unsaturated/α-hetero) is 1. The Morgan fingerprint density at radius 2 is 1.43 bits per heavy atom. The Morgan fingerprint density at radius 1 is 0.857 bits per heavy atom. The molecule has 0 radical (unpaired) electrons. The first-order chi connectivity index (χ1) is 17.0. The van der Waals surface area contributed by atoms with E-state index in [-0.39, 0.29) is 24.8 Å². The van der Waals surface area contributed by atoms with Crippen LogP contribution < -0.4 is 4.74 Å². The highest BCUT2D eigenvalue weighted by molar-refractivity contribution is 6.15. The molecule has 3 aromatic carbocycles. The third kappa shape index (κ3) is 6.55. The SMILES string of the molecule is CN(C)CCOc1cccc(C(=O)N2C/C(=C\c3ccccc3)C(=O)/C(=C/c3ccccc3)C2)c1. The molecule has 1 fully saturated rings. The minimum absolute atomic E-state index is 0.0254. The molecule has 4 rings (SSSR count). The Kier molecular flexibility index (Phi) is 7.91. The zero-order valence-corrected chi connectivity index (χ0v) is 20.2. The van der Waals surface area contributed by atoms with Gasteiger partial charge in [0.1, 0.15) is 12.4 Å². The minimum Gasteiger partial charge on any atom is -0.492 e. The molecule has 0 N–H and O–H groups in total. The monoisotopic (exact) mass is 466 g/mol. The largest absolute Gasteiger partial charge is 0.492 e. The van der Waals surface area contributed by atoms with E-state index in [0.29, 0.717) is 29.1 Å². The molecule has 3 aromatic rings. The summed E-state index contributed by atoms with van der Waals surface area (Å²) >= 11 is 0. The van der Waals surface area contributed by atoms with Crippen molar-refractivity contribution >= 4 is 23.8 Å². The van der Waals surface area contributed by atoms with Crippen LogP contribution in [0.25, 0.3) is 12.2 Å². The predicted molar refractivity (Wildman–Crippen MR) is 140 cm³/mol. The molecule has 0 aliphatic carbocycles. The Labute approximate surface area is 206 Å². The van der Waals surface area contributed by atoms with Gasteiger partial charge in [-0.2, -0.15) is 0 Å². The Morgan fingerprint density at radius 3 is 1.97 bits per heavy atom. The molecule has 1 heterocycles. The molecular formula is C30H30N2O3. The van der Waals surface area contributed by atoms with E-state index in [4.69, 9.17) is 4.74 Å². The molecule has 0 aromatic heterocycles. The molecule has 1 saturated heterocycles. The summed E-state index contributed by atoms with van der Waals surface area (Å²) < 4.78 is 5.82. The number of piperidine rings is 1. The fraction of sp³-hybridized carbons (Fsp3) is 0.200. The average molecular weight is 467 g/mol. The Hall–Kier alpha value is -3.96.